The van der Waals surface area contributed by atoms with Gasteiger partial charge in [-0.15, -0.1) is 0 Å². The molecule has 0 aliphatic carbocycles. The lowest BCUT2D eigenvalue weighted by Gasteiger charge is -2.20. The minimum Gasteiger partial charge on any atom is -0.358 e. The molecule has 0 spiro atoms. The van der Waals surface area contributed by atoms with Gasteiger partial charge in [0, 0.05) is 22.1 Å². The maximum absolute atomic E-state index is 3.56. The van der Waals surface area contributed by atoms with Crippen LogP contribution in [-0.4, -0.2) is 17.1 Å². The molecule has 19 heavy (non-hydrogen) atoms. The Hall–Kier alpha value is -1.28. The maximum atomic E-state index is 3.56. The Labute approximate surface area is 116 Å². The van der Waals surface area contributed by atoms with Crippen molar-refractivity contribution in [2.24, 2.45) is 0 Å². The molecule has 0 fully saturated rings. The minimum atomic E-state index is 0.187. The Bertz CT molecular complexity index is 585. The van der Waals surface area contributed by atoms with Gasteiger partial charge in [0.15, 0.2) is 0 Å². The normalized spacial score (nSPS) is 12.3. The van der Waals surface area contributed by atoms with E-state index in [-0.39, 0.29) is 5.54 Å². The van der Waals surface area contributed by atoms with Crippen LogP contribution in [0.25, 0.3) is 10.9 Å². The first kappa shape index (κ1) is 14.1. The quantitative estimate of drug-likeness (QED) is 0.855. The number of aromatic nitrogens is 1. The van der Waals surface area contributed by atoms with Crippen LogP contribution in [0, 0.1) is 20.8 Å². The number of fused-ring (bicyclic) bond motifs is 1. The van der Waals surface area contributed by atoms with Crippen LogP contribution >= 0.6 is 0 Å². The van der Waals surface area contributed by atoms with E-state index >= 15 is 0 Å². The molecule has 0 aliphatic rings. The van der Waals surface area contributed by atoms with E-state index in [1.54, 1.807) is 0 Å². The van der Waals surface area contributed by atoms with Gasteiger partial charge in [-0.1, -0.05) is 12.1 Å². The summed E-state index contributed by atoms with van der Waals surface area (Å²) in [6.45, 7) is 14.2. The summed E-state index contributed by atoms with van der Waals surface area (Å²) in [6.07, 6.45) is 1.08. The van der Waals surface area contributed by atoms with Crippen molar-refractivity contribution < 1.29 is 0 Å². The molecule has 2 rings (SSSR count). The first-order valence-electron chi connectivity index (χ1n) is 7.12. The van der Waals surface area contributed by atoms with Gasteiger partial charge < -0.3 is 10.3 Å². The molecule has 0 saturated heterocycles. The van der Waals surface area contributed by atoms with E-state index in [1.807, 2.05) is 0 Å². The number of rotatable bonds is 3. The molecule has 0 atom stereocenters. The number of aryl methyl sites for hydroxylation is 3. The molecular weight excluding hydrogens is 232 g/mol. The Kier molecular flexibility index (Phi) is 3.73. The van der Waals surface area contributed by atoms with Gasteiger partial charge in [0.1, 0.15) is 0 Å². The fraction of sp³-hybridized carbons (Fsp3) is 0.529. The second kappa shape index (κ2) is 5.01. The van der Waals surface area contributed by atoms with Crippen molar-refractivity contribution in [1.29, 1.82) is 0 Å². The molecule has 1 aromatic carbocycles. The van der Waals surface area contributed by atoms with Crippen molar-refractivity contribution in [3.63, 3.8) is 0 Å². The lowest BCUT2D eigenvalue weighted by molar-refractivity contribution is 0.429. The molecule has 2 N–H and O–H groups in total. The smallest absolute Gasteiger partial charge is 0.0491 e. The summed E-state index contributed by atoms with van der Waals surface area (Å²) >= 11 is 0. The number of hydrogen-bond acceptors (Lipinski definition) is 1. The molecule has 0 unspecified atom stereocenters. The molecule has 2 nitrogen and oxygen atoms in total. The molecule has 0 aliphatic heterocycles. The Balaban J connectivity index is 2.29. The van der Waals surface area contributed by atoms with Gasteiger partial charge in [0.25, 0.3) is 0 Å². The lowest BCUT2D eigenvalue weighted by Crippen LogP contribution is -2.37. The fourth-order valence-corrected chi connectivity index (χ4v) is 2.58. The van der Waals surface area contributed by atoms with Gasteiger partial charge in [-0.3, -0.25) is 0 Å². The van der Waals surface area contributed by atoms with Crippen LogP contribution in [-0.2, 0) is 6.42 Å². The van der Waals surface area contributed by atoms with Gasteiger partial charge in [0.2, 0.25) is 0 Å². The van der Waals surface area contributed by atoms with E-state index < -0.39 is 0 Å². The summed E-state index contributed by atoms with van der Waals surface area (Å²) in [5.41, 5.74) is 6.98. The zero-order valence-electron chi connectivity index (χ0n) is 13.1. The monoisotopic (exact) mass is 258 g/mol. The van der Waals surface area contributed by atoms with Gasteiger partial charge >= 0.3 is 0 Å². The second-order valence-electron chi connectivity index (χ2n) is 6.59. The van der Waals surface area contributed by atoms with E-state index in [9.17, 15) is 0 Å². The molecule has 104 valence electrons. The van der Waals surface area contributed by atoms with Crippen LogP contribution in [0.15, 0.2) is 12.1 Å². The van der Waals surface area contributed by atoms with Gasteiger partial charge in [0.05, 0.1) is 0 Å². The topological polar surface area (TPSA) is 27.8 Å². The predicted octanol–water partition coefficient (Wildman–Crippen LogP) is 4.02. The maximum Gasteiger partial charge on any atom is 0.0491 e. The molecule has 0 saturated carbocycles. The van der Waals surface area contributed by atoms with E-state index in [2.05, 4.69) is 64.0 Å². The highest BCUT2D eigenvalue weighted by atomic mass is 14.9. The number of nitrogens with one attached hydrogen (secondary N) is 2. The number of hydrogen-bond donors (Lipinski definition) is 2. The summed E-state index contributed by atoms with van der Waals surface area (Å²) in [7, 11) is 0. The second-order valence-corrected chi connectivity index (χ2v) is 6.59. The van der Waals surface area contributed by atoms with Crippen LogP contribution in [0.5, 0.6) is 0 Å². The minimum absolute atomic E-state index is 0.187. The molecule has 1 heterocycles. The number of H-pyrrole nitrogens is 1. The van der Waals surface area contributed by atoms with Crippen molar-refractivity contribution in [3.8, 4) is 0 Å². The third-order valence-electron chi connectivity index (χ3n) is 3.86. The summed E-state index contributed by atoms with van der Waals surface area (Å²) in [5, 5.41) is 4.95. The van der Waals surface area contributed by atoms with Crippen molar-refractivity contribution >= 4 is 10.9 Å². The Morgan fingerprint density at radius 2 is 1.79 bits per heavy atom. The summed E-state index contributed by atoms with van der Waals surface area (Å²) in [4.78, 5) is 3.56. The zero-order valence-corrected chi connectivity index (χ0v) is 13.1. The summed E-state index contributed by atoms with van der Waals surface area (Å²) in [6, 6.07) is 4.49. The third kappa shape index (κ3) is 3.01. The third-order valence-corrected chi connectivity index (χ3v) is 3.86. The number of aromatic amines is 1. The van der Waals surface area contributed by atoms with Crippen LogP contribution < -0.4 is 5.32 Å². The highest BCUT2D eigenvalue weighted by Crippen LogP contribution is 2.27. The van der Waals surface area contributed by atoms with E-state index in [1.165, 1.54) is 33.3 Å². The molecule has 0 bridgehead atoms. The Morgan fingerprint density at radius 3 is 2.42 bits per heavy atom. The van der Waals surface area contributed by atoms with E-state index in [0.29, 0.717) is 0 Å². The summed E-state index contributed by atoms with van der Waals surface area (Å²) < 4.78 is 0. The zero-order chi connectivity index (χ0) is 14.2. The molecule has 2 aromatic rings. The first-order valence-corrected chi connectivity index (χ1v) is 7.12. The van der Waals surface area contributed by atoms with Crippen molar-refractivity contribution in [3.05, 3.63) is 34.5 Å². The standard InChI is InChI=1S/C17H26N2/c1-11-7-8-15-14(9-10-18-17(4,5)6)13(3)19-16(15)12(11)2/h7-8,18-19H,9-10H2,1-6H3. The van der Waals surface area contributed by atoms with Crippen LogP contribution in [0.4, 0.5) is 0 Å². The van der Waals surface area contributed by atoms with E-state index in [0.717, 1.165) is 13.0 Å². The predicted molar refractivity (Wildman–Crippen MR) is 84.0 cm³/mol. The van der Waals surface area contributed by atoms with Crippen LogP contribution in [0.1, 0.15) is 43.2 Å². The van der Waals surface area contributed by atoms with Crippen molar-refractivity contribution in [2.45, 2.75) is 53.5 Å². The average molecular weight is 258 g/mol. The molecular formula is C17H26N2. The number of benzene rings is 1. The lowest BCUT2D eigenvalue weighted by atomic mass is 10.0. The SMILES string of the molecule is Cc1ccc2c(CCNC(C)(C)C)c(C)[nH]c2c1C. The van der Waals surface area contributed by atoms with Crippen molar-refractivity contribution in [1.82, 2.24) is 10.3 Å². The van der Waals surface area contributed by atoms with Crippen molar-refractivity contribution in [2.75, 3.05) is 6.54 Å². The van der Waals surface area contributed by atoms with Crippen LogP contribution in [0.3, 0.4) is 0 Å². The highest BCUT2D eigenvalue weighted by molar-refractivity contribution is 5.88. The van der Waals surface area contributed by atoms with E-state index in [4.69, 9.17) is 0 Å². The van der Waals surface area contributed by atoms with Crippen LogP contribution in [0.2, 0.25) is 0 Å². The average Bonchev–Trinajstić information content (AvgIpc) is 2.60. The van der Waals surface area contributed by atoms with Gasteiger partial charge in [-0.05, 0) is 71.2 Å². The fourth-order valence-electron chi connectivity index (χ4n) is 2.58. The van der Waals surface area contributed by atoms with Gasteiger partial charge in [-0.2, -0.15) is 0 Å². The molecule has 0 radical (unpaired) electrons. The molecule has 1 aromatic heterocycles. The Morgan fingerprint density at radius 1 is 1.11 bits per heavy atom. The highest BCUT2D eigenvalue weighted by Gasteiger charge is 2.13. The first-order chi connectivity index (χ1) is 8.79. The molecule has 2 heteroatoms. The summed E-state index contributed by atoms with van der Waals surface area (Å²) in [5.74, 6) is 0. The van der Waals surface area contributed by atoms with Gasteiger partial charge in [-0.25, -0.2) is 0 Å². The largest absolute Gasteiger partial charge is 0.358 e. The molecule has 0 amide bonds.